The Morgan fingerprint density at radius 2 is 1.76 bits per heavy atom. The summed E-state index contributed by atoms with van der Waals surface area (Å²) in [6.07, 6.45) is 1.82. The van der Waals surface area contributed by atoms with Crippen LogP contribution in [0.2, 0.25) is 0 Å². The summed E-state index contributed by atoms with van der Waals surface area (Å²) in [4.78, 5) is 34.1. The number of aryl methyl sites for hydroxylation is 1. The fourth-order valence-corrected chi connectivity index (χ4v) is 5.48. The average Bonchev–Trinajstić information content (AvgIpc) is 3.51. The second kappa shape index (κ2) is 9.20. The third kappa shape index (κ3) is 4.21. The van der Waals surface area contributed by atoms with Crippen molar-refractivity contribution >= 4 is 39.9 Å². The highest BCUT2D eigenvalue weighted by Crippen LogP contribution is 2.24. The summed E-state index contributed by atoms with van der Waals surface area (Å²) < 4.78 is 26.5. The molecule has 6 rings (SSSR count). The molecular formula is C25H25FN8O2S. The lowest BCUT2D eigenvalue weighted by Gasteiger charge is -2.31. The lowest BCUT2D eigenvalue weighted by Crippen LogP contribution is -2.44. The van der Waals surface area contributed by atoms with Gasteiger partial charge in [-0.1, -0.05) is 18.2 Å². The predicted molar refractivity (Wildman–Crippen MR) is 141 cm³/mol. The van der Waals surface area contributed by atoms with E-state index in [9.17, 15) is 14.0 Å². The van der Waals surface area contributed by atoms with Crippen LogP contribution in [0.3, 0.4) is 0 Å². The number of halogens is 1. The van der Waals surface area contributed by atoms with Crippen molar-refractivity contribution in [3.63, 3.8) is 0 Å². The first-order chi connectivity index (χ1) is 17.9. The summed E-state index contributed by atoms with van der Waals surface area (Å²) in [5.41, 5.74) is 9.05. The van der Waals surface area contributed by atoms with Gasteiger partial charge in [-0.15, -0.1) is 0 Å². The number of fused-ring (bicyclic) bond motifs is 2. The Morgan fingerprint density at radius 1 is 1.03 bits per heavy atom. The summed E-state index contributed by atoms with van der Waals surface area (Å²) in [5, 5.41) is 0. The maximum absolute atomic E-state index is 13.9. The van der Waals surface area contributed by atoms with Gasteiger partial charge in [-0.2, -0.15) is 13.7 Å². The molecule has 1 saturated heterocycles. The van der Waals surface area contributed by atoms with Gasteiger partial charge in [0.25, 0.3) is 5.56 Å². The van der Waals surface area contributed by atoms with Crippen molar-refractivity contribution in [2.24, 2.45) is 12.8 Å². The lowest BCUT2D eigenvalue weighted by molar-refractivity contribution is 0.495. The summed E-state index contributed by atoms with van der Waals surface area (Å²) in [6, 6.07) is 11.7. The Labute approximate surface area is 214 Å². The van der Waals surface area contributed by atoms with Gasteiger partial charge in [0.05, 0.1) is 24.8 Å². The SMILES string of the molecule is Cn1c(=O)n(Cc2ccc3nsnc3c2)c(=O)c2c1nc(N1CCC[C@@H](N)C1)n2Cc1ccc(F)cc1. The fraction of sp³-hybridized carbons (Fsp3) is 0.320. The third-order valence-corrected chi connectivity index (χ3v) is 7.42. The number of anilines is 1. The van der Waals surface area contributed by atoms with Crippen LogP contribution >= 0.6 is 11.7 Å². The van der Waals surface area contributed by atoms with Crippen molar-refractivity contribution in [1.29, 1.82) is 0 Å². The molecular weight excluding hydrogens is 495 g/mol. The Balaban J connectivity index is 1.53. The van der Waals surface area contributed by atoms with E-state index in [-0.39, 0.29) is 18.4 Å². The number of imidazole rings is 1. The first-order valence-corrected chi connectivity index (χ1v) is 12.8. The van der Waals surface area contributed by atoms with Crippen LogP contribution in [0.4, 0.5) is 10.3 Å². The number of hydrogen-bond acceptors (Lipinski definition) is 8. The third-order valence-electron chi connectivity index (χ3n) is 6.87. The van der Waals surface area contributed by atoms with E-state index in [2.05, 4.69) is 13.6 Å². The quantitative estimate of drug-likeness (QED) is 0.377. The van der Waals surface area contributed by atoms with Crippen LogP contribution in [-0.2, 0) is 20.1 Å². The number of piperidine rings is 1. The first-order valence-electron chi connectivity index (χ1n) is 12.1. The van der Waals surface area contributed by atoms with Gasteiger partial charge in [-0.05, 0) is 48.2 Å². The number of nitrogens with two attached hydrogens (primary N) is 1. The maximum Gasteiger partial charge on any atom is 0.332 e. The number of aromatic nitrogens is 6. The van der Waals surface area contributed by atoms with E-state index >= 15 is 0 Å². The van der Waals surface area contributed by atoms with Gasteiger partial charge in [0, 0.05) is 26.2 Å². The predicted octanol–water partition coefficient (Wildman–Crippen LogP) is 2.06. The molecule has 1 fully saturated rings. The molecule has 12 heteroatoms. The van der Waals surface area contributed by atoms with E-state index in [0.717, 1.165) is 53.3 Å². The van der Waals surface area contributed by atoms with E-state index < -0.39 is 11.2 Å². The van der Waals surface area contributed by atoms with Crippen molar-refractivity contribution in [1.82, 2.24) is 27.4 Å². The molecule has 0 spiro atoms. The van der Waals surface area contributed by atoms with Crippen molar-refractivity contribution in [2.75, 3.05) is 18.0 Å². The number of hydrogen-bond donors (Lipinski definition) is 1. The van der Waals surface area contributed by atoms with Gasteiger partial charge in [-0.3, -0.25) is 18.5 Å². The van der Waals surface area contributed by atoms with Gasteiger partial charge >= 0.3 is 5.69 Å². The van der Waals surface area contributed by atoms with Crippen molar-refractivity contribution in [3.05, 3.63) is 80.2 Å². The Hall–Kier alpha value is -3.90. The minimum atomic E-state index is -0.456. The minimum absolute atomic E-state index is 0.0107. The normalized spacial score (nSPS) is 16.2. The van der Waals surface area contributed by atoms with Crippen LogP contribution in [0, 0.1) is 5.82 Å². The molecule has 2 N–H and O–H groups in total. The Bertz CT molecular complexity index is 1740. The zero-order valence-corrected chi connectivity index (χ0v) is 21.0. The van der Waals surface area contributed by atoms with Crippen LogP contribution in [0.5, 0.6) is 0 Å². The van der Waals surface area contributed by atoms with E-state index in [1.54, 1.807) is 19.2 Å². The Morgan fingerprint density at radius 3 is 2.54 bits per heavy atom. The smallest absolute Gasteiger partial charge is 0.332 e. The highest BCUT2D eigenvalue weighted by Gasteiger charge is 2.26. The molecule has 1 aliphatic rings. The molecule has 10 nitrogen and oxygen atoms in total. The molecule has 1 aliphatic heterocycles. The summed E-state index contributed by atoms with van der Waals surface area (Å²) in [5.74, 6) is 0.243. The number of nitrogens with zero attached hydrogens (tertiary/aromatic N) is 7. The molecule has 0 aliphatic carbocycles. The fourth-order valence-electron chi connectivity index (χ4n) is 4.96. The van der Waals surface area contributed by atoms with Crippen molar-refractivity contribution in [3.8, 4) is 0 Å². The number of benzene rings is 2. The molecule has 5 aromatic rings. The second-order valence-corrected chi connectivity index (χ2v) is 9.99. The molecule has 37 heavy (non-hydrogen) atoms. The standard InChI is InChI=1S/C25H25FN8O2S/c1-31-22-21(23(35)34(25(31)36)13-16-6-9-19-20(11-16)30-37-29-19)33(12-15-4-7-17(26)8-5-15)24(28-22)32-10-2-3-18(27)14-32/h4-9,11,18H,2-3,10,12-14,27H2,1H3/t18-/m1/s1. The highest BCUT2D eigenvalue weighted by atomic mass is 32.1. The summed E-state index contributed by atoms with van der Waals surface area (Å²) in [6.45, 7) is 1.71. The van der Waals surface area contributed by atoms with Crippen LogP contribution < -0.4 is 21.9 Å². The second-order valence-electron chi connectivity index (χ2n) is 9.47. The van der Waals surface area contributed by atoms with E-state index in [4.69, 9.17) is 10.7 Å². The molecule has 0 saturated carbocycles. The van der Waals surface area contributed by atoms with Gasteiger partial charge < -0.3 is 10.6 Å². The molecule has 0 bridgehead atoms. The van der Waals surface area contributed by atoms with Crippen LogP contribution in [0.1, 0.15) is 24.0 Å². The largest absolute Gasteiger partial charge is 0.341 e. The maximum atomic E-state index is 13.9. The van der Waals surface area contributed by atoms with E-state index in [1.165, 1.54) is 21.3 Å². The zero-order valence-electron chi connectivity index (χ0n) is 20.2. The molecule has 0 radical (unpaired) electrons. The van der Waals surface area contributed by atoms with E-state index in [0.29, 0.717) is 30.2 Å². The minimum Gasteiger partial charge on any atom is -0.341 e. The average molecular weight is 521 g/mol. The van der Waals surface area contributed by atoms with Gasteiger partial charge in [0.1, 0.15) is 16.9 Å². The molecule has 190 valence electrons. The van der Waals surface area contributed by atoms with Crippen LogP contribution in [0.15, 0.2) is 52.1 Å². The molecule has 3 aromatic heterocycles. The summed E-state index contributed by atoms with van der Waals surface area (Å²) >= 11 is 1.12. The molecule has 4 heterocycles. The highest BCUT2D eigenvalue weighted by molar-refractivity contribution is 7.00. The monoisotopic (exact) mass is 520 g/mol. The number of rotatable bonds is 5. The molecule has 0 unspecified atom stereocenters. The summed E-state index contributed by atoms with van der Waals surface area (Å²) in [7, 11) is 1.62. The van der Waals surface area contributed by atoms with Gasteiger partial charge in [0.2, 0.25) is 5.95 Å². The first kappa shape index (κ1) is 23.5. The van der Waals surface area contributed by atoms with Crippen LogP contribution in [0.25, 0.3) is 22.2 Å². The van der Waals surface area contributed by atoms with Crippen molar-refractivity contribution < 1.29 is 4.39 Å². The lowest BCUT2D eigenvalue weighted by atomic mass is 10.1. The Kier molecular flexibility index (Phi) is 5.84. The molecule has 2 aromatic carbocycles. The molecule has 1 atom stereocenters. The topological polar surface area (TPSA) is 117 Å². The van der Waals surface area contributed by atoms with Gasteiger partial charge in [-0.25, -0.2) is 9.18 Å². The molecule has 0 amide bonds. The van der Waals surface area contributed by atoms with Crippen molar-refractivity contribution in [2.45, 2.75) is 32.0 Å². The zero-order chi connectivity index (χ0) is 25.7. The van der Waals surface area contributed by atoms with Gasteiger partial charge in [0.15, 0.2) is 11.2 Å². The van der Waals surface area contributed by atoms with Crippen LogP contribution in [-0.4, -0.2) is 46.6 Å². The van der Waals surface area contributed by atoms with E-state index in [1.807, 2.05) is 22.8 Å².